The molecular formula is C12H17N2O2-. The fraction of sp³-hybridized carbons (Fsp3) is 0.417. The number of hydroxylamine groups is 2. The Bertz CT molecular complexity index is 357. The van der Waals surface area contributed by atoms with Crippen molar-refractivity contribution in [3.63, 3.8) is 0 Å². The van der Waals surface area contributed by atoms with Crippen LogP contribution in [0.15, 0.2) is 30.3 Å². The lowest BCUT2D eigenvalue weighted by Crippen LogP contribution is -2.44. The molecule has 1 unspecified atom stereocenters. The molecule has 1 aromatic rings. The normalized spacial score (nSPS) is 13.8. The summed E-state index contributed by atoms with van der Waals surface area (Å²) in [6.45, 7) is 5.25. The van der Waals surface area contributed by atoms with Gasteiger partial charge in [0.25, 0.3) is 0 Å². The van der Waals surface area contributed by atoms with Gasteiger partial charge in [0.2, 0.25) is 5.91 Å². The third kappa shape index (κ3) is 2.81. The average molecular weight is 222 g/mol. The van der Waals surface area contributed by atoms with Crippen LogP contribution < -0.4 is 5.73 Å². The van der Waals surface area contributed by atoms with Crippen molar-refractivity contribution in [2.75, 3.05) is 0 Å². The maximum absolute atomic E-state index is 12.0. The highest BCUT2D eigenvalue weighted by molar-refractivity contribution is 5.81. The number of carbonyl (C=O) groups excluding carboxylic acids is 1. The Hall–Kier alpha value is -1.39. The highest BCUT2D eigenvalue weighted by Gasteiger charge is 2.26. The maximum atomic E-state index is 12.0. The van der Waals surface area contributed by atoms with Gasteiger partial charge in [0.1, 0.15) is 6.04 Å². The van der Waals surface area contributed by atoms with Gasteiger partial charge in [-0.3, -0.25) is 4.79 Å². The number of amides is 1. The third-order valence-electron chi connectivity index (χ3n) is 2.28. The van der Waals surface area contributed by atoms with Crippen molar-refractivity contribution in [2.24, 2.45) is 5.73 Å². The lowest BCUT2D eigenvalue weighted by atomic mass is 10.0. The van der Waals surface area contributed by atoms with Gasteiger partial charge in [-0.2, -0.15) is 0 Å². The van der Waals surface area contributed by atoms with E-state index in [0.717, 1.165) is 5.06 Å². The Morgan fingerprint density at radius 2 is 1.81 bits per heavy atom. The molecule has 0 heterocycles. The highest BCUT2D eigenvalue weighted by atomic mass is 16.5. The molecule has 0 saturated carbocycles. The number of nitrogens with two attached hydrogens (primary N) is 1. The minimum Gasteiger partial charge on any atom is -0.784 e. The second-order valence-electron chi connectivity index (χ2n) is 4.71. The quantitative estimate of drug-likeness (QED) is 0.626. The zero-order valence-corrected chi connectivity index (χ0v) is 9.81. The van der Waals surface area contributed by atoms with Crippen LogP contribution in [0.2, 0.25) is 0 Å². The van der Waals surface area contributed by atoms with Gasteiger partial charge >= 0.3 is 0 Å². The Balaban J connectivity index is 3.07. The molecule has 0 aliphatic carbocycles. The van der Waals surface area contributed by atoms with Crippen molar-refractivity contribution in [1.29, 1.82) is 0 Å². The standard InChI is InChI=1S/C12H17N2O2/c1-12(2,3)14(16)10(11(13)15)9-7-5-4-6-8-9/h4-8,10H,1-3H3,(H2,13,15)/q-1/i11+1. The first-order valence-electron chi connectivity index (χ1n) is 5.15. The van der Waals surface area contributed by atoms with Crippen LogP contribution in [-0.2, 0) is 4.79 Å². The molecule has 4 nitrogen and oxygen atoms in total. The van der Waals surface area contributed by atoms with Crippen molar-refractivity contribution in [3.8, 4) is 0 Å². The minimum atomic E-state index is -0.929. The topological polar surface area (TPSA) is 69.4 Å². The second-order valence-corrected chi connectivity index (χ2v) is 4.71. The van der Waals surface area contributed by atoms with E-state index < -0.39 is 17.5 Å². The fourth-order valence-corrected chi connectivity index (χ4v) is 1.44. The molecule has 4 heteroatoms. The van der Waals surface area contributed by atoms with Crippen molar-refractivity contribution in [1.82, 2.24) is 5.06 Å². The fourth-order valence-electron chi connectivity index (χ4n) is 1.44. The van der Waals surface area contributed by atoms with Crippen LogP contribution in [0.5, 0.6) is 0 Å². The molecule has 0 spiro atoms. The molecule has 1 atom stereocenters. The Morgan fingerprint density at radius 3 is 2.19 bits per heavy atom. The first kappa shape index (κ1) is 12.7. The number of primary amides is 1. The van der Waals surface area contributed by atoms with Crippen LogP contribution in [0.3, 0.4) is 0 Å². The summed E-state index contributed by atoms with van der Waals surface area (Å²) in [5.41, 5.74) is 5.25. The highest BCUT2D eigenvalue weighted by Crippen LogP contribution is 2.26. The molecule has 0 aliphatic rings. The first-order chi connectivity index (χ1) is 7.34. The monoisotopic (exact) mass is 222 g/mol. The molecule has 88 valence electrons. The summed E-state index contributed by atoms with van der Waals surface area (Å²) >= 11 is 0. The molecule has 0 fully saturated rings. The SMILES string of the molecule is CC(C)(C)N([O-])C(c1ccccc1)[13C](N)=O. The molecule has 1 rings (SSSR count). The van der Waals surface area contributed by atoms with Gasteiger partial charge in [-0.05, 0) is 26.3 Å². The van der Waals surface area contributed by atoms with Crippen molar-refractivity contribution < 1.29 is 4.79 Å². The van der Waals surface area contributed by atoms with E-state index in [4.69, 9.17) is 5.73 Å². The van der Waals surface area contributed by atoms with Crippen LogP contribution >= 0.6 is 0 Å². The minimum absolute atomic E-state index is 0.625. The lowest BCUT2D eigenvalue weighted by molar-refractivity contribution is -0.124. The van der Waals surface area contributed by atoms with Crippen molar-refractivity contribution in [3.05, 3.63) is 41.1 Å². The van der Waals surface area contributed by atoms with Crippen LogP contribution in [0.1, 0.15) is 32.4 Å². The summed E-state index contributed by atoms with van der Waals surface area (Å²) in [6.07, 6.45) is 0. The summed E-state index contributed by atoms with van der Waals surface area (Å²) in [4.78, 5) is 11.4. The Kier molecular flexibility index (Phi) is 3.67. The molecule has 0 aliphatic heterocycles. The van der Waals surface area contributed by atoms with Gasteiger partial charge in [-0.15, -0.1) is 0 Å². The number of rotatable bonds is 3. The molecule has 16 heavy (non-hydrogen) atoms. The number of carbonyl (C=O) groups is 1. The van der Waals surface area contributed by atoms with E-state index in [1.807, 2.05) is 6.07 Å². The van der Waals surface area contributed by atoms with Crippen LogP contribution in [0, 0.1) is 5.21 Å². The molecule has 1 amide bonds. The second kappa shape index (κ2) is 4.63. The van der Waals surface area contributed by atoms with Gasteiger partial charge < -0.3 is 16.0 Å². The summed E-state index contributed by atoms with van der Waals surface area (Å²) in [7, 11) is 0. The van der Waals surface area contributed by atoms with Gasteiger partial charge in [-0.1, -0.05) is 30.3 Å². The van der Waals surface area contributed by atoms with E-state index in [-0.39, 0.29) is 0 Å². The van der Waals surface area contributed by atoms with E-state index in [0.29, 0.717) is 5.56 Å². The number of nitrogens with zero attached hydrogens (tertiary/aromatic N) is 1. The van der Waals surface area contributed by atoms with Crippen LogP contribution in [0.4, 0.5) is 0 Å². The summed E-state index contributed by atoms with van der Waals surface area (Å²) < 4.78 is 0. The van der Waals surface area contributed by atoms with Gasteiger partial charge in [-0.25, -0.2) is 0 Å². The van der Waals surface area contributed by atoms with Crippen LogP contribution in [-0.4, -0.2) is 16.5 Å². The summed E-state index contributed by atoms with van der Waals surface area (Å²) in [5, 5.41) is 12.8. The third-order valence-corrected chi connectivity index (χ3v) is 2.28. The molecule has 0 bridgehead atoms. The molecule has 2 N–H and O–H groups in total. The van der Waals surface area contributed by atoms with Crippen molar-refractivity contribution in [2.45, 2.75) is 32.4 Å². The van der Waals surface area contributed by atoms with E-state index in [1.54, 1.807) is 45.0 Å². The lowest BCUT2D eigenvalue weighted by Gasteiger charge is -2.46. The predicted molar refractivity (Wildman–Crippen MR) is 63.3 cm³/mol. The van der Waals surface area contributed by atoms with E-state index in [9.17, 15) is 10.0 Å². The zero-order chi connectivity index (χ0) is 12.3. The Morgan fingerprint density at radius 1 is 1.31 bits per heavy atom. The number of hydrogen-bond acceptors (Lipinski definition) is 3. The van der Waals surface area contributed by atoms with E-state index >= 15 is 0 Å². The smallest absolute Gasteiger partial charge is 0.238 e. The van der Waals surface area contributed by atoms with E-state index in [1.165, 1.54) is 0 Å². The summed E-state index contributed by atoms with van der Waals surface area (Å²) in [6, 6.07) is 7.91. The molecule has 0 aromatic heterocycles. The summed E-state index contributed by atoms with van der Waals surface area (Å²) in [5.74, 6) is -0.629. The van der Waals surface area contributed by atoms with E-state index in [2.05, 4.69) is 0 Å². The molecule has 0 radical (unpaired) electrons. The number of benzene rings is 1. The number of hydrogen-bond donors (Lipinski definition) is 1. The maximum Gasteiger partial charge on any atom is 0.238 e. The predicted octanol–water partition coefficient (Wildman–Crippen LogP) is 1.81. The molecule has 0 saturated heterocycles. The molecular weight excluding hydrogens is 205 g/mol. The van der Waals surface area contributed by atoms with Gasteiger partial charge in [0.15, 0.2) is 0 Å². The average Bonchev–Trinajstić information content (AvgIpc) is 2.17. The van der Waals surface area contributed by atoms with Crippen LogP contribution in [0.25, 0.3) is 0 Å². The first-order valence-corrected chi connectivity index (χ1v) is 5.15. The van der Waals surface area contributed by atoms with Crippen molar-refractivity contribution >= 4 is 5.91 Å². The Labute approximate surface area is 95.6 Å². The van der Waals surface area contributed by atoms with Gasteiger partial charge in [0, 0.05) is 5.54 Å². The van der Waals surface area contributed by atoms with Gasteiger partial charge in [0.05, 0.1) is 0 Å². The zero-order valence-electron chi connectivity index (χ0n) is 9.81. The molecule has 1 aromatic carbocycles. The largest absolute Gasteiger partial charge is 0.784 e.